The minimum Gasteiger partial charge on any atom is -0.494 e. The van der Waals surface area contributed by atoms with E-state index in [2.05, 4.69) is 17.2 Å². The number of hydrogen-bond donors (Lipinski definition) is 2. The molecule has 1 amide bonds. The largest absolute Gasteiger partial charge is 0.494 e. The first-order chi connectivity index (χ1) is 10.2. The number of nitrogens with one attached hydrogen (secondary N) is 2. The first-order valence-corrected chi connectivity index (χ1v) is 6.99. The molecular weight excluding hydrogens is 268 g/mol. The van der Waals surface area contributed by atoms with Crippen LogP contribution in [0.5, 0.6) is 5.75 Å². The SMILES string of the molecule is C=C(OCC)C1=C(NC(=O)Oc2ccccc2)CCNC1. The maximum atomic E-state index is 11.9. The fourth-order valence-electron chi connectivity index (χ4n) is 2.09. The zero-order chi connectivity index (χ0) is 15.1. The van der Waals surface area contributed by atoms with Crippen molar-refractivity contribution in [3.8, 4) is 5.75 Å². The van der Waals surface area contributed by atoms with Crippen LogP contribution in [0, 0.1) is 0 Å². The average Bonchev–Trinajstić information content (AvgIpc) is 2.49. The van der Waals surface area contributed by atoms with E-state index in [4.69, 9.17) is 9.47 Å². The second kappa shape index (κ2) is 7.50. The van der Waals surface area contributed by atoms with Crippen molar-refractivity contribution >= 4 is 6.09 Å². The quantitative estimate of drug-likeness (QED) is 0.818. The molecule has 5 nitrogen and oxygen atoms in total. The summed E-state index contributed by atoms with van der Waals surface area (Å²) in [4.78, 5) is 11.9. The molecule has 21 heavy (non-hydrogen) atoms. The van der Waals surface area contributed by atoms with Crippen LogP contribution in [0.4, 0.5) is 4.79 Å². The first kappa shape index (κ1) is 15.1. The van der Waals surface area contributed by atoms with Crippen molar-refractivity contribution in [3.05, 3.63) is 53.9 Å². The molecule has 0 fully saturated rings. The fraction of sp³-hybridized carbons (Fsp3) is 0.312. The van der Waals surface area contributed by atoms with Crippen molar-refractivity contribution in [3.63, 3.8) is 0 Å². The van der Waals surface area contributed by atoms with Crippen LogP contribution in [0.1, 0.15) is 13.3 Å². The zero-order valence-electron chi connectivity index (χ0n) is 12.1. The number of para-hydroxylation sites is 1. The van der Waals surface area contributed by atoms with Gasteiger partial charge < -0.3 is 14.8 Å². The predicted octanol–water partition coefficient (Wildman–Crippen LogP) is 2.57. The normalized spacial score (nSPS) is 14.5. The first-order valence-electron chi connectivity index (χ1n) is 6.99. The van der Waals surface area contributed by atoms with Crippen LogP contribution in [-0.4, -0.2) is 25.8 Å². The second-order valence-electron chi connectivity index (χ2n) is 4.57. The van der Waals surface area contributed by atoms with E-state index in [1.807, 2.05) is 25.1 Å². The number of rotatable bonds is 5. The summed E-state index contributed by atoms with van der Waals surface area (Å²) in [7, 11) is 0. The molecule has 0 radical (unpaired) electrons. The Labute approximate surface area is 124 Å². The molecule has 1 aliphatic heterocycles. The average molecular weight is 288 g/mol. The summed E-state index contributed by atoms with van der Waals surface area (Å²) in [6.45, 7) is 7.76. The highest BCUT2D eigenvalue weighted by Gasteiger charge is 2.18. The van der Waals surface area contributed by atoms with Gasteiger partial charge in [-0.2, -0.15) is 0 Å². The summed E-state index contributed by atoms with van der Waals surface area (Å²) < 4.78 is 10.7. The minimum absolute atomic E-state index is 0.500. The number of benzene rings is 1. The lowest BCUT2D eigenvalue weighted by Crippen LogP contribution is -2.35. The highest BCUT2D eigenvalue weighted by molar-refractivity contribution is 5.72. The Hall–Kier alpha value is -2.27. The summed E-state index contributed by atoms with van der Waals surface area (Å²) in [5, 5.41) is 6.03. The summed E-state index contributed by atoms with van der Waals surface area (Å²) in [6.07, 6.45) is 0.200. The zero-order valence-corrected chi connectivity index (χ0v) is 12.1. The van der Waals surface area contributed by atoms with E-state index in [1.54, 1.807) is 12.1 Å². The third-order valence-corrected chi connectivity index (χ3v) is 3.08. The Balaban J connectivity index is 2.04. The van der Waals surface area contributed by atoms with E-state index in [0.717, 1.165) is 17.8 Å². The number of carbonyl (C=O) groups excluding carboxylic acids is 1. The van der Waals surface area contributed by atoms with Gasteiger partial charge in [0.15, 0.2) is 0 Å². The molecule has 0 atom stereocenters. The molecule has 112 valence electrons. The molecule has 0 bridgehead atoms. The maximum Gasteiger partial charge on any atom is 0.416 e. The molecule has 1 aliphatic rings. The lowest BCUT2D eigenvalue weighted by atomic mass is 10.1. The van der Waals surface area contributed by atoms with Crippen molar-refractivity contribution in [2.24, 2.45) is 0 Å². The van der Waals surface area contributed by atoms with Crippen LogP contribution < -0.4 is 15.4 Å². The molecule has 2 N–H and O–H groups in total. The Bertz CT molecular complexity index is 538. The van der Waals surface area contributed by atoms with Gasteiger partial charge in [-0.3, -0.25) is 5.32 Å². The number of amides is 1. The highest BCUT2D eigenvalue weighted by atomic mass is 16.6. The standard InChI is InChI=1S/C16H20N2O3/c1-3-20-12(2)14-11-17-10-9-15(14)18-16(19)21-13-7-5-4-6-8-13/h4-8,17H,2-3,9-11H2,1H3,(H,18,19). The molecule has 0 aromatic heterocycles. The van der Waals surface area contributed by atoms with Gasteiger partial charge in [0.25, 0.3) is 0 Å². The topological polar surface area (TPSA) is 59.6 Å². The third kappa shape index (κ3) is 4.36. The highest BCUT2D eigenvalue weighted by Crippen LogP contribution is 2.18. The monoisotopic (exact) mass is 288 g/mol. The van der Waals surface area contributed by atoms with Crippen molar-refractivity contribution in [2.75, 3.05) is 19.7 Å². The number of carbonyl (C=O) groups is 1. The van der Waals surface area contributed by atoms with Gasteiger partial charge in [0, 0.05) is 30.8 Å². The van der Waals surface area contributed by atoms with Crippen LogP contribution in [0.2, 0.25) is 0 Å². The fourth-order valence-corrected chi connectivity index (χ4v) is 2.09. The van der Waals surface area contributed by atoms with Gasteiger partial charge in [0.1, 0.15) is 11.5 Å². The molecule has 0 saturated carbocycles. The van der Waals surface area contributed by atoms with Gasteiger partial charge in [-0.1, -0.05) is 24.8 Å². The van der Waals surface area contributed by atoms with Gasteiger partial charge in [0.2, 0.25) is 0 Å². The minimum atomic E-state index is -0.500. The Morgan fingerprint density at radius 3 is 2.86 bits per heavy atom. The summed E-state index contributed by atoms with van der Waals surface area (Å²) in [5.74, 6) is 1.09. The lowest BCUT2D eigenvalue weighted by molar-refractivity contribution is 0.202. The molecule has 0 saturated heterocycles. The summed E-state index contributed by atoms with van der Waals surface area (Å²) in [6, 6.07) is 8.96. The maximum absolute atomic E-state index is 11.9. The van der Waals surface area contributed by atoms with E-state index < -0.39 is 6.09 Å². The van der Waals surface area contributed by atoms with Crippen molar-refractivity contribution < 1.29 is 14.3 Å². The molecular formula is C16H20N2O3. The van der Waals surface area contributed by atoms with Crippen LogP contribution in [0.3, 0.4) is 0 Å². The lowest BCUT2D eigenvalue weighted by Gasteiger charge is -2.23. The molecule has 1 aromatic carbocycles. The van der Waals surface area contributed by atoms with E-state index in [0.29, 0.717) is 31.1 Å². The van der Waals surface area contributed by atoms with Gasteiger partial charge in [-0.05, 0) is 19.1 Å². The van der Waals surface area contributed by atoms with Crippen LogP contribution in [0.25, 0.3) is 0 Å². The van der Waals surface area contributed by atoms with E-state index in [1.165, 1.54) is 0 Å². The molecule has 0 unspecified atom stereocenters. The summed E-state index contributed by atoms with van der Waals surface area (Å²) in [5.41, 5.74) is 1.68. The third-order valence-electron chi connectivity index (χ3n) is 3.08. The Morgan fingerprint density at radius 1 is 1.38 bits per heavy atom. The Kier molecular flexibility index (Phi) is 5.40. The second-order valence-corrected chi connectivity index (χ2v) is 4.57. The number of hydrogen-bond acceptors (Lipinski definition) is 4. The molecule has 0 aliphatic carbocycles. The van der Waals surface area contributed by atoms with Gasteiger partial charge in [-0.25, -0.2) is 4.79 Å². The van der Waals surface area contributed by atoms with Crippen molar-refractivity contribution in [2.45, 2.75) is 13.3 Å². The Morgan fingerprint density at radius 2 is 2.14 bits per heavy atom. The van der Waals surface area contributed by atoms with Gasteiger partial charge >= 0.3 is 6.09 Å². The van der Waals surface area contributed by atoms with Crippen LogP contribution in [-0.2, 0) is 4.74 Å². The van der Waals surface area contributed by atoms with E-state index in [-0.39, 0.29) is 0 Å². The number of ether oxygens (including phenoxy) is 2. The predicted molar refractivity (Wildman–Crippen MR) is 80.9 cm³/mol. The molecule has 1 heterocycles. The van der Waals surface area contributed by atoms with Crippen LogP contribution in [0.15, 0.2) is 53.9 Å². The van der Waals surface area contributed by atoms with Crippen molar-refractivity contribution in [1.82, 2.24) is 10.6 Å². The van der Waals surface area contributed by atoms with Crippen molar-refractivity contribution in [1.29, 1.82) is 0 Å². The van der Waals surface area contributed by atoms with Gasteiger partial charge in [0.05, 0.1) is 6.61 Å². The van der Waals surface area contributed by atoms with Crippen LogP contribution >= 0.6 is 0 Å². The summed E-state index contributed by atoms with van der Waals surface area (Å²) >= 11 is 0. The van der Waals surface area contributed by atoms with E-state index >= 15 is 0 Å². The molecule has 1 aromatic rings. The molecule has 0 spiro atoms. The van der Waals surface area contributed by atoms with E-state index in [9.17, 15) is 4.79 Å². The molecule has 5 heteroatoms. The smallest absolute Gasteiger partial charge is 0.416 e. The molecule has 2 rings (SSSR count). The van der Waals surface area contributed by atoms with Gasteiger partial charge in [-0.15, -0.1) is 0 Å².